The van der Waals surface area contributed by atoms with E-state index in [1.54, 1.807) is 7.11 Å². The van der Waals surface area contributed by atoms with Gasteiger partial charge in [-0.25, -0.2) is 9.37 Å². The minimum absolute atomic E-state index is 0.106. The Bertz CT molecular complexity index is 1110. The number of alkyl halides is 1. The molecule has 1 amide bonds. The molecule has 8 heteroatoms. The number of rotatable bonds is 11. The average Bonchev–Trinajstić information content (AvgIpc) is 3.28. The van der Waals surface area contributed by atoms with E-state index in [1.807, 2.05) is 69.4 Å². The molecule has 0 spiro atoms. The molecule has 1 aromatic heterocycles. The lowest BCUT2D eigenvalue weighted by Gasteiger charge is -2.32. The lowest BCUT2D eigenvalue weighted by Crippen LogP contribution is -2.45. The van der Waals surface area contributed by atoms with E-state index in [9.17, 15) is 9.18 Å². The molecule has 0 aliphatic heterocycles. The number of methoxy groups -OCH3 is 2. The van der Waals surface area contributed by atoms with Gasteiger partial charge in [-0.05, 0) is 35.2 Å². The number of ether oxygens (including phenoxy) is 2. The number of carbonyl (C=O) groups is 1. The molecular weight excluding hydrogens is 459 g/mol. The zero-order valence-corrected chi connectivity index (χ0v) is 21.7. The van der Waals surface area contributed by atoms with E-state index >= 15 is 0 Å². The summed E-state index contributed by atoms with van der Waals surface area (Å²) in [5.74, 6) is 1.07. The molecule has 1 heterocycles. The van der Waals surface area contributed by atoms with Gasteiger partial charge in [0.1, 0.15) is 23.8 Å². The Morgan fingerprint density at radius 3 is 2.33 bits per heavy atom. The minimum Gasteiger partial charge on any atom is -0.497 e. The first-order valence-corrected chi connectivity index (χ1v) is 12.1. The van der Waals surface area contributed by atoms with Crippen LogP contribution >= 0.6 is 0 Å². The van der Waals surface area contributed by atoms with Crippen LogP contribution in [-0.4, -0.2) is 48.5 Å². The number of benzene rings is 2. The predicted molar refractivity (Wildman–Crippen MR) is 139 cm³/mol. The molecule has 3 rings (SSSR count). The summed E-state index contributed by atoms with van der Waals surface area (Å²) >= 11 is 0. The highest BCUT2D eigenvalue weighted by Crippen LogP contribution is 2.35. The van der Waals surface area contributed by atoms with Crippen molar-refractivity contribution in [2.45, 2.75) is 52.1 Å². The van der Waals surface area contributed by atoms with E-state index in [1.165, 1.54) is 7.11 Å². The van der Waals surface area contributed by atoms with Crippen molar-refractivity contribution in [2.24, 2.45) is 11.1 Å². The van der Waals surface area contributed by atoms with Crippen LogP contribution in [0.4, 0.5) is 4.39 Å². The SMILES string of the molecule is COc1ccc(-c2cn(Cc3ccccc3)c([C@H](NC(=O)C(C[C@@H](F)CN)OC)C(C)(C)C)n2)cc1. The Kier molecular flexibility index (Phi) is 9.23. The van der Waals surface area contributed by atoms with Crippen LogP contribution in [0.2, 0.25) is 0 Å². The molecule has 0 saturated carbocycles. The summed E-state index contributed by atoms with van der Waals surface area (Å²) in [5, 5.41) is 3.09. The molecular formula is C28H37FN4O3. The maximum Gasteiger partial charge on any atom is 0.249 e. The second-order valence-corrected chi connectivity index (χ2v) is 9.93. The van der Waals surface area contributed by atoms with E-state index in [-0.39, 0.29) is 13.0 Å². The Labute approximate surface area is 212 Å². The first kappa shape index (κ1) is 27.4. The van der Waals surface area contributed by atoms with E-state index < -0.39 is 29.6 Å². The van der Waals surface area contributed by atoms with Crippen molar-refractivity contribution in [3.05, 3.63) is 72.2 Å². The van der Waals surface area contributed by atoms with E-state index in [0.717, 1.165) is 22.6 Å². The predicted octanol–water partition coefficient (Wildman–Crippen LogP) is 4.51. The molecule has 3 N–H and O–H groups in total. The van der Waals surface area contributed by atoms with Crippen molar-refractivity contribution >= 4 is 5.91 Å². The lowest BCUT2D eigenvalue weighted by molar-refractivity contribution is -0.134. The van der Waals surface area contributed by atoms with Crippen LogP contribution in [0.25, 0.3) is 11.3 Å². The van der Waals surface area contributed by atoms with E-state index in [4.69, 9.17) is 20.2 Å². The number of hydrogen-bond acceptors (Lipinski definition) is 5. The maximum atomic E-state index is 14.0. The molecule has 0 bridgehead atoms. The number of hydrogen-bond donors (Lipinski definition) is 2. The van der Waals surface area contributed by atoms with Gasteiger partial charge in [0, 0.05) is 38.4 Å². The van der Waals surface area contributed by atoms with Gasteiger partial charge in [-0.1, -0.05) is 51.1 Å². The number of halogens is 1. The normalized spacial score (nSPS) is 14.2. The maximum absolute atomic E-state index is 14.0. The third-order valence-electron chi connectivity index (χ3n) is 6.10. The number of nitrogens with two attached hydrogens (primary N) is 1. The van der Waals surface area contributed by atoms with Gasteiger partial charge >= 0.3 is 0 Å². The Morgan fingerprint density at radius 2 is 1.78 bits per heavy atom. The second-order valence-electron chi connectivity index (χ2n) is 9.93. The largest absolute Gasteiger partial charge is 0.497 e. The quantitative estimate of drug-likeness (QED) is 0.408. The molecule has 0 aliphatic rings. The summed E-state index contributed by atoms with van der Waals surface area (Å²) in [6.07, 6.45) is -0.386. The van der Waals surface area contributed by atoms with Crippen LogP contribution in [0.1, 0.15) is 44.6 Å². The third-order valence-corrected chi connectivity index (χ3v) is 6.10. The van der Waals surface area contributed by atoms with Gasteiger partial charge in [0.25, 0.3) is 0 Å². The number of nitrogens with zero attached hydrogens (tertiary/aromatic N) is 2. The van der Waals surface area contributed by atoms with Crippen LogP contribution < -0.4 is 15.8 Å². The standard InChI is InChI=1S/C28H37FN4O3/c1-28(2,3)25(32-27(34)24(36-5)15-21(29)16-30)26-31-23(20-11-13-22(35-4)14-12-20)18-33(26)17-19-9-7-6-8-10-19/h6-14,18,21,24-25H,15-17,30H2,1-5H3,(H,32,34)/t21-,24?,25+/m1/s1. The number of aromatic nitrogens is 2. The molecule has 36 heavy (non-hydrogen) atoms. The van der Waals surface area contributed by atoms with Crippen LogP contribution in [-0.2, 0) is 16.1 Å². The van der Waals surface area contributed by atoms with Crippen LogP contribution in [0.3, 0.4) is 0 Å². The van der Waals surface area contributed by atoms with Crippen molar-refractivity contribution in [1.29, 1.82) is 0 Å². The zero-order chi connectivity index (χ0) is 26.3. The van der Waals surface area contributed by atoms with Crippen molar-refractivity contribution in [3.8, 4) is 17.0 Å². The molecule has 0 saturated heterocycles. The fourth-order valence-corrected chi connectivity index (χ4v) is 4.01. The van der Waals surface area contributed by atoms with Gasteiger partial charge < -0.3 is 25.1 Å². The summed E-state index contributed by atoms with van der Waals surface area (Å²) < 4.78 is 26.6. The topological polar surface area (TPSA) is 91.4 Å². The summed E-state index contributed by atoms with van der Waals surface area (Å²) in [6.45, 7) is 6.52. The summed E-state index contributed by atoms with van der Waals surface area (Å²) in [6, 6.07) is 17.3. The molecule has 7 nitrogen and oxygen atoms in total. The van der Waals surface area contributed by atoms with E-state index in [2.05, 4.69) is 22.0 Å². The first-order valence-electron chi connectivity index (χ1n) is 12.1. The summed E-state index contributed by atoms with van der Waals surface area (Å²) in [5.41, 5.74) is 7.84. The smallest absolute Gasteiger partial charge is 0.249 e. The lowest BCUT2D eigenvalue weighted by atomic mass is 9.85. The fraction of sp³-hybridized carbons (Fsp3) is 0.429. The molecule has 3 aromatic rings. The van der Waals surface area contributed by atoms with Gasteiger partial charge in [0.2, 0.25) is 5.91 Å². The number of carbonyl (C=O) groups excluding carboxylic acids is 1. The fourth-order valence-electron chi connectivity index (χ4n) is 4.01. The third kappa shape index (κ3) is 6.92. The average molecular weight is 497 g/mol. The van der Waals surface area contributed by atoms with Crippen LogP contribution in [0, 0.1) is 5.41 Å². The molecule has 1 unspecified atom stereocenters. The van der Waals surface area contributed by atoms with Crippen molar-refractivity contribution in [1.82, 2.24) is 14.9 Å². The van der Waals surface area contributed by atoms with Gasteiger partial charge in [-0.2, -0.15) is 0 Å². The number of amides is 1. The summed E-state index contributed by atoms with van der Waals surface area (Å²) in [7, 11) is 3.03. The second kappa shape index (κ2) is 12.1. The molecule has 0 aliphatic carbocycles. The van der Waals surface area contributed by atoms with Gasteiger partial charge in [0.05, 0.1) is 18.8 Å². The number of nitrogens with one attached hydrogen (secondary N) is 1. The highest BCUT2D eigenvalue weighted by molar-refractivity contribution is 5.81. The molecule has 3 atom stereocenters. The molecule has 194 valence electrons. The molecule has 0 fully saturated rings. The zero-order valence-electron chi connectivity index (χ0n) is 21.7. The molecule has 2 aromatic carbocycles. The Hall–Kier alpha value is -3.23. The van der Waals surface area contributed by atoms with Gasteiger partial charge in [0.15, 0.2) is 0 Å². The monoisotopic (exact) mass is 496 g/mol. The van der Waals surface area contributed by atoms with Crippen molar-refractivity contribution in [2.75, 3.05) is 20.8 Å². The van der Waals surface area contributed by atoms with Gasteiger partial charge in [-0.3, -0.25) is 4.79 Å². The first-order chi connectivity index (χ1) is 17.2. The highest BCUT2D eigenvalue weighted by Gasteiger charge is 2.34. The van der Waals surface area contributed by atoms with Crippen LogP contribution in [0.5, 0.6) is 5.75 Å². The molecule has 0 radical (unpaired) electrons. The Morgan fingerprint density at radius 1 is 1.11 bits per heavy atom. The van der Waals surface area contributed by atoms with Crippen molar-refractivity contribution in [3.63, 3.8) is 0 Å². The van der Waals surface area contributed by atoms with Crippen LogP contribution in [0.15, 0.2) is 60.8 Å². The summed E-state index contributed by atoms with van der Waals surface area (Å²) in [4.78, 5) is 18.2. The van der Waals surface area contributed by atoms with E-state index in [0.29, 0.717) is 12.4 Å². The van der Waals surface area contributed by atoms with Gasteiger partial charge in [-0.15, -0.1) is 0 Å². The Balaban J connectivity index is 2.02. The number of imidazole rings is 1. The highest BCUT2D eigenvalue weighted by atomic mass is 19.1. The minimum atomic E-state index is -1.32. The van der Waals surface area contributed by atoms with Crippen molar-refractivity contribution < 1.29 is 18.7 Å².